The molecule has 2 saturated heterocycles. The van der Waals surface area contributed by atoms with E-state index in [1.54, 1.807) is 0 Å². The zero-order valence-corrected chi connectivity index (χ0v) is 12.9. The normalized spacial score (nSPS) is 29.1. The van der Waals surface area contributed by atoms with Crippen LogP contribution in [0.5, 0.6) is 0 Å². The van der Waals surface area contributed by atoms with Crippen molar-refractivity contribution in [2.24, 2.45) is 5.41 Å². The van der Waals surface area contributed by atoms with Gasteiger partial charge in [-0.2, -0.15) is 0 Å². The molecule has 0 radical (unpaired) electrons. The summed E-state index contributed by atoms with van der Waals surface area (Å²) in [5, 5.41) is 2.78. The fourth-order valence-electron chi connectivity index (χ4n) is 3.09. The molecule has 0 aliphatic carbocycles. The fraction of sp³-hybridized carbons (Fsp3) is 0.800. The summed E-state index contributed by atoms with van der Waals surface area (Å²) in [7, 11) is 0. The molecule has 3 atom stereocenters. The molecule has 0 unspecified atom stereocenters. The molecule has 22 heavy (non-hydrogen) atoms. The second kappa shape index (κ2) is 6.20. The first-order chi connectivity index (χ1) is 10.2. The van der Waals surface area contributed by atoms with E-state index >= 15 is 0 Å². The minimum absolute atomic E-state index is 0.00535. The number of halogens is 3. The van der Waals surface area contributed by atoms with Crippen LogP contribution in [0.3, 0.4) is 0 Å². The zero-order chi connectivity index (χ0) is 16.5. The number of likely N-dealkylation sites (tertiary alicyclic amines) is 1. The smallest absolute Gasteiger partial charge is 0.314 e. The Labute approximate surface area is 128 Å². The van der Waals surface area contributed by atoms with E-state index in [1.807, 2.05) is 0 Å². The molecule has 2 heterocycles. The molecular formula is C15H23F3N2O2. The Bertz CT molecular complexity index is 443. The van der Waals surface area contributed by atoms with Gasteiger partial charge >= 0.3 is 5.97 Å². The quantitative estimate of drug-likeness (QED) is 0.598. The van der Waals surface area contributed by atoms with E-state index in [2.05, 4.69) is 11.9 Å². The second-order valence-corrected chi connectivity index (χ2v) is 6.55. The predicted octanol–water partition coefficient (Wildman–Crippen LogP) is 1.76. The summed E-state index contributed by atoms with van der Waals surface area (Å²) in [5.74, 6) is -3.55. The van der Waals surface area contributed by atoms with Gasteiger partial charge in [0.05, 0.1) is 18.0 Å². The maximum absolute atomic E-state index is 14.6. The molecule has 0 aromatic heterocycles. The number of rotatable bonds is 6. The Hall–Kier alpha value is -1.08. The van der Waals surface area contributed by atoms with Crippen LogP contribution in [0.15, 0.2) is 12.7 Å². The lowest BCUT2D eigenvalue weighted by Crippen LogP contribution is -2.50. The number of hydrogen-bond acceptors (Lipinski definition) is 4. The topological polar surface area (TPSA) is 41.6 Å². The van der Waals surface area contributed by atoms with Crippen molar-refractivity contribution in [2.75, 3.05) is 26.2 Å². The van der Waals surface area contributed by atoms with Crippen LogP contribution in [-0.2, 0) is 9.53 Å². The van der Waals surface area contributed by atoms with Gasteiger partial charge in [0.15, 0.2) is 0 Å². The van der Waals surface area contributed by atoms with Gasteiger partial charge in [0.25, 0.3) is 5.92 Å². The number of carbonyl (C=O) groups excluding carboxylic acids is 1. The molecule has 2 fully saturated rings. The minimum Gasteiger partial charge on any atom is -0.461 e. The van der Waals surface area contributed by atoms with Crippen molar-refractivity contribution >= 4 is 5.97 Å². The van der Waals surface area contributed by atoms with Crippen LogP contribution < -0.4 is 5.32 Å². The lowest BCUT2D eigenvalue weighted by molar-refractivity contribution is -0.157. The lowest BCUT2D eigenvalue weighted by Gasteiger charge is -2.33. The second-order valence-electron chi connectivity index (χ2n) is 6.55. The standard InChI is InChI=1S/C15H23F3N2O2/c1-4-7-22-13(21)14(2,3)11(16)8-20-6-5-10-12(20)15(17,18)9-19-10/h4,10-12,19H,1,5-9H2,2-3H3/t10-,11+,12+/m0/s1. The van der Waals surface area contributed by atoms with Gasteiger partial charge in [0, 0.05) is 19.1 Å². The molecule has 7 heteroatoms. The van der Waals surface area contributed by atoms with Crippen LogP contribution in [-0.4, -0.2) is 61.3 Å². The molecule has 2 aliphatic rings. The summed E-state index contributed by atoms with van der Waals surface area (Å²) in [6, 6.07) is -1.30. The van der Waals surface area contributed by atoms with Gasteiger partial charge in [-0.25, -0.2) is 13.2 Å². The Morgan fingerprint density at radius 3 is 2.91 bits per heavy atom. The largest absolute Gasteiger partial charge is 0.461 e. The number of nitrogens with one attached hydrogen (secondary N) is 1. The van der Waals surface area contributed by atoms with E-state index in [1.165, 1.54) is 24.8 Å². The summed E-state index contributed by atoms with van der Waals surface area (Å²) in [6.45, 7) is 6.12. The van der Waals surface area contributed by atoms with Crippen LogP contribution >= 0.6 is 0 Å². The summed E-state index contributed by atoms with van der Waals surface area (Å²) >= 11 is 0. The maximum Gasteiger partial charge on any atom is 0.314 e. The number of nitrogens with zero attached hydrogens (tertiary/aromatic N) is 1. The van der Waals surface area contributed by atoms with Gasteiger partial charge in [-0.1, -0.05) is 12.7 Å². The highest BCUT2D eigenvalue weighted by Crippen LogP contribution is 2.37. The monoisotopic (exact) mass is 320 g/mol. The molecule has 126 valence electrons. The summed E-state index contributed by atoms with van der Waals surface area (Å²) in [6.07, 6.45) is 0.380. The van der Waals surface area contributed by atoms with Crippen LogP contribution in [0, 0.1) is 5.41 Å². The third-order valence-electron chi connectivity index (χ3n) is 4.57. The highest BCUT2D eigenvalue weighted by Gasteiger charge is 2.56. The Balaban J connectivity index is 2.00. The number of ether oxygens (including phenoxy) is 1. The highest BCUT2D eigenvalue weighted by molar-refractivity contribution is 5.76. The van der Waals surface area contributed by atoms with Gasteiger partial charge in [-0.05, 0) is 20.3 Å². The average molecular weight is 320 g/mol. The number of esters is 1. The number of fused-ring (bicyclic) bond motifs is 1. The first-order valence-electron chi connectivity index (χ1n) is 7.47. The van der Waals surface area contributed by atoms with E-state index in [4.69, 9.17) is 4.74 Å². The SMILES string of the molecule is C=CCOC(=O)C(C)(C)[C@H](F)CN1CC[C@@H]2NCC(F)(F)[C@@H]21. The minimum atomic E-state index is -2.87. The molecule has 2 rings (SSSR count). The summed E-state index contributed by atoms with van der Waals surface area (Å²) < 4.78 is 47.3. The van der Waals surface area contributed by atoms with Crippen LogP contribution in [0.2, 0.25) is 0 Å². The molecule has 0 spiro atoms. The molecule has 2 aliphatic heterocycles. The van der Waals surface area contributed by atoms with Crippen LogP contribution in [0.1, 0.15) is 20.3 Å². The maximum atomic E-state index is 14.6. The molecular weight excluding hydrogens is 297 g/mol. The molecule has 1 N–H and O–H groups in total. The van der Waals surface area contributed by atoms with Gasteiger partial charge in [0.1, 0.15) is 12.8 Å². The molecule has 0 aromatic rings. The first-order valence-corrected chi connectivity index (χ1v) is 7.47. The molecule has 0 aromatic carbocycles. The van der Waals surface area contributed by atoms with Crippen molar-refractivity contribution in [3.8, 4) is 0 Å². The third kappa shape index (κ3) is 3.15. The number of alkyl halides is 3. The number of carbonyl (C=O) groups is 1. The van der Waals surface area contributed by atoms with Crippen LogP contribution in [0.25, 0.3) is 0 Å². The van der Waals surface area contributed by atoms with E-state index in [-0.39, 0.29) is 25.7 Å². The summed E-state index contributed by atoms with van der Waals surface area (Å²) in [4.78, 5) is 13.4. The first kappa shape index (κ1) is 17.3. The number of hydrogen-bond donors (Lipinski definition) is 1. The van der Waals surface area contributed by atoms with E-state index in [0.29, 0.717) is 13.0 Å². The molecule has 4 nitrogen and oxygen atoms in total. The van der Waals surface area contributed by atoms with Crippen molar-refractivity contribution in [1.29, 1.82) is 0 Å². The molecule has 0 amide bonds. The third-order valence-corrected chi connectivity index (χ3v) is 4.57. The van der Waals surface area contributed by atoms with Crippen molar-refractivity contribution < 1.29 is 22.7 Å². The highest BCUT2D eigenvalue weighted by atomic mass is 19.3. The van der Waals surface area contributed by atoms with E-state index in [9.17, 15) is 18.0 Å². The van der Waals surface area contributed by atoms with Crippen molar-refractivity contribution in [1.82, 2.24) is 10.2 Å². The predicted molar refractivity (Wildman–Crippen MR) is 76.5 cm³/mol. The van der Waals surface area contributed by atoms with Crippen LogP contribution in [0.4, 0.5) is 13.2 Å². The fourth-order valence-corrected chi connectivity index (χ4v) is 3.09. The summed E-state index contributed by atoms with van der Waals surface area (Å²) in [5.41, 5.74) is -1.39. The van der Waals surface area contributed by atoms with Crippen molar-refractivity contribution in [2.45, 2.75) is 44.4 Å². The Morgan fingerprint density at radius 2 is 2.27 bits per heavy atom. The van der Waals surface area contributed by atoms with Crippen molar-refractivity contribution in [3.63, 3.8) is 0 Å². The van der Waals surface area contributed by atoms with Gasteiger partial charge in [-0.3, -0.25) is 9.69 Å². The Kier molecular flexibility index (Phi) is 4.87. The zero-order valence-electron chi connectivity index (χ0n) is 12.9. The van der Waals surface area contributed by atoms with Gasteiger partial charge in [-0.15, -0.1) is 0 Å². The van der Waals surface area contributed by atoms with E-state index < -0.39 is 29.5 Å². The van der Waals surface area contributed by atoms with Gasteiger partial charge in [0.2, 0.25) is 0 Å². The molecule has 0 bridgehead atoms. The van der Waals surface area contributed by atoms with Crippen molar-refractivity contribution in [3.05, 3.63) is 12.7 Å². The Morgan fingerprint density at radius 1 is 1.59 bits per heavy atom. The lowest BCUT2D eigenvalue weighted by atomic mass is 9.87. The molecule has 0 saturated carbocycles. The average Bonchev–Trinajstić information content (AvgIpc) is 2.98. The van der Waals surface area contributed by atoms with Gasteiger partial charge < -0.3 is 10.1 Å². The van der Waals surface area contributed by atoms with E-state index in [0.717, 1.165) is 0 Å².